The van der Waals surface area contributed by atoms with E-state index in [1.54, 1.807) is 0 Å². The molecule has 5 nitrogen and oxygen atoms in total. The van der Waals surface area contributed by atoms with Crippen molar-refractivity contribution in [3.63, 3.8) is 0 Å². The van der Waals surface area contributed by atoms with E-state index >= 15 is 0 Å². The Balaban J connectivity index is 2.18. The van der Waals surface area contributed by atoms with Gasteiger partial charge in [0, 0.05) is 17.7 Å². The molecule has 0 aromatic rings. The molecule has 0 bridgehead atoms. The summed E-state index contributed by atoms with van der Waals surface area (Å²) >= 11 is 1.41. The Labute approximate surface area is 112 Å². The standard InChI is InChI=1S/C11H18N2O3S2/c1-11(2,3)9(14)12-10-13(4)7-5-18(15,16)6-8(7)17-10/h7-8H,5-6H2,1-4H3/t7-,8-/m1/s1. The monoisotopic (exact) mass is 290 g/mol. The zero-order valence-electron chi connectivity index (χ0n) is 11.0. The van der Waals surface area contributed by atoms with Crippen LogP contribution in [0.25, 0.3) is 0 Å². The second kappa shape index (κ2) is 4.23. The van der Waals surface area contributed by atoms with E-state index in [0.717, 1.165) is 0 Å². The SMILES string of the molecule is CN1C(=NC(=O)C(C)(C)C)S[C@@H]2CS(=O)(=O)C[C@H]21. The molecule has 2 rings (SSSR count). The molecular formula is C11H18N2O3S2. The third-order valence-electron chi connectivity index (χ3n) is 3.17. The number of sulfone groups is 1. The van der Waals surface area contributed by atoms with Gasteiger partial charge in [0.05, 0.1) is 17.5 Å². The summed E-state index contributed by atoms with van der Waals surface area (Å²) in [6.07, 6.45) is 0. The molecule has 2 fully saturated rings. The van der Waals surface area contributed by atoms with Gasteiger partial charge in [0.25, 0.3) is 5.91 Å². The Morgan fingerprint density at radius 3 is 2.50 bits per heavy atom. The fraction of sp³-hybridized carbons (Fsp3) is 0.818. The molecule has 2 aliphatic rings. The molecule has 2 heterocycles. The van der Waals surface area contributed by atoms with E-state index < -0.39 is 15.3 Å². The number of thioether (sulfide) groups is 1. The zero-order valence-corrected chi connectivity index (χ0v) is 12.6. The van der Waals surface area contributed by atoms with Gasteiger partial charge in [-0.2, -0.15) is 4.99 Å². The van der Waals surface area contributed by atoms with Gasteiger partial charge in [-0.1, -0.05) is 32.5 Å². The maximum atomic E-state index is 11.9. The summed E-state index contributed by atoms with van der Waals surface area (Å²) in [6.45, 7) is 5.47. The quantitative estimate of drug-likeness (QED) is 0.659. The maximum Gasteiger partial charge on any atom is 0.253 e. The van der Waals surface area contributed by atoms with Crippen molar-refractivity contribution >= 4 is 32.7 Å². The molecule has 0 spiro atoms. The highest BCUT2D eigenvalue weighted by atomic mass is 32.2. The van der Waals surface area contributed by atoms with Crippen LogP contribution < -0.4 is 0 Å². The largest absolute Gasteiger partial charge is 0.349 e. The minimum absolute atomic E-state index is 0.0199. The van der Waals surface area contributed by atoms with Crippen LogP contribution in [0.15, 0.2) is 4.99 Å². The molecule has 0 N–H and O–H groups in total. The molecule has 0 saturated carbocycles. The first-order chi connectivity index (χ1) is 8.10. The van der Waals surface area contributed by atoms with Gasteiger partial charge in [-0.05, 0) is 0 Å². The lowest BCUT2D eigenvalue weighted by molar-refractivity contribution is -0.124. The van der Waals surface area contributed by atoms with Gasteiger partial charge in [0.2, 0.25) is 0 Å². The average molecular weight is 290 g/mol. The number of amides is 1. The van der Waals surface area contributed by atoms with E-state index in [9.17, 15) is 13.2 Å². The third kappa shape index (κ3) is 2.56. The topological polar surface area (TPSA) is 66.8 Å². The Morgan fingerprint density at radius 2 is 2.00 bits per heavy atom. The lowest BCUT2D eigenvalue weighted by atomic mass is 9.96. The van der Waals surface area contributed by atoms with Crippen LogP contribution in [0.5, 0.6) is 0 Å². The predicted octanol–water partition coefficient (Wildman–Crippen LogP) is 0.759. The summed E-state index contributed by atoms with van der Waals surface area (Å²) in [5, 5.41) is 0.673. The first kappa shape index (κ1) is 13.9. The van der Waals surface area contributed by atoms with E-state index in [-0.39, 0.29) is 28.7 Å². The van der Waals surface area contributed by atoms with Gasteiger partial charge >= 0.3 is 0 Å². The number of hydrogen-bond acceptors (Lipinski definition) is 4. The Bertz CT molecular complexity index is 505. The summed E-state index contributed by atoms with van der Waals surface area (Å²) in [5.74, 6) is 0.193. The number of amidine groups is 1. The predicted molar refractivity (Wildman–Crippen MR) is 73.5 cm³/mol. The minimum Gasteiger partial charge on any atom is -0.349 e. The molecule has 0 radical (unpaired) electrons. The molecule has 2 aliphatic heterocycles. The lowest BCUT2D eigenvalue weighted by Crippen LogP contribution is -2.34. The van der Waals surface area contributed by atoms with Crippen LogP contribution in [0.2, 0.25) is 0 Å². The zero-order chi connectivity index (χ0) is 13.7. The summed E-state index contributed by atoms with van der Waals surface area (Å²) in [7, 11) is -1.11. The van der Waals surface area contributed by atoms with Crippen LogP contribution in [-0.4, -0.2) is 54.2 Å². The second-order valence-corrected chi connectivity index (χ2v) is 9.22. The van der Waals surface area contributed by atoms with Gasteiger partial charge in [-0.25, -0.2) is 8.42 Å². The molecule has 18 heavy (non-hydrogen) atoms. The van der Waals surface area contributed by atoms with E-state index in [1.165, 1.54) is 11.8 Å². The third-order valence-corrected chi connectivity index (χ3v) is 6.47. The van der Waals surface area contributed by atoms with Crippen LogP contribution in [-0.2, 0) is 14.6 Å². The van der Waals surface area contributed by atoms with E-state index in [4.69, 9.17) is 0 Å². The average Bonchev–Trinajstić information content (AvgIpc) is 2.61. The van der Waals surface area contributed by atoms with E-state index in [0.29, 0.717) is 5.17 Å². The van der Waals surface area contributed by atoms with Crippen LogP contribution >= 0.6 is 11.8 Å². The summed E-state index contributed by atoms with van der Waals surface area (Å²) < 4.78 is 23.1. The summed E-state index contributed by atoms with van der Waals surface area (Å²) in [6, 6.07) is -0.0356. The normalized spacial score (nSPS) is 32.9. The second-order valence-electron chi connectivity index (χ2n) is 5.86. The molecule has 0 aromatic heterocycles. The molecule has 0 aromatic carbocycles. The van der Waals surface area contributed by atoms with Gasteiger partial charge in [0.15, 0.2) is 15.0 Å². The first-order valence-electron chi connectivity index (χ1n) is 5.83. The van der Waals surface area contributed by atoms with Crippen molar-refractivity contribution < 1.29 is 13.2 Å². The van der Waals surface area contributed by atoms with E-state index in [2.05, 4.69) is 4.99 Å². The van der Waals surface area contributed by atoms with Crippen molar-refractivity contribution in [3.8, 4) is 0 Å². The smallest absolute Gasteiger partial charge is 0.253 e. The van der Waals surface area contributed by atoms with Crippen molar-refractivity contribution in [2.75, 3.05) is 18.6 Å². The van der Waals surface area contributed by atoms with Gasteiger partial charge in [0.1, 0.15) is 0 Å². The fourth-order valence-corrected chi connectivity index (χ4v) is 5.99. The highest BCUT2D eigenvalue weighted by molar-refractivity contribution is 8.15. The molecular weight excluding hydrogens is 272 g/mol. The molecule has 0 unspecified atom stereocenters. The number of carbonyl (C=O) groups is 1. The first-order valence-corrected chi connectivity index (χ1v) is 8.53. The van der Waals surface area contributed by atoms with Crippen LogP contribution in [0.4, 0.5) is 0 Å². The maximum absolute atomic E-state index is 11.9. The Kier molecular flexibility index (Phi) is 3.26. The molecule has 1 amide bonds. The molecule has 0 aliphatic carbocycles. The Hall–Kier alpha value is -0.560. The van der Waals surface area contributed by atoms with Crippen LogP contribution in [0.3, 0.4) is 0 Å². The minimum atomic E-state index is -2.92. The van der Waals surface area contributed by atoms with Gasteiger partial charge in [-0.15, -0.1) is 0 Å². The number of fused-ring (bicyclic) bond motifs is 1. The van der Waals surface area contributed by atoms with Crippen molar-refractivity contribution in [2.45, 2.75) is 32.1 Å². The summed E-state index contributed by atoms with van der Waals surface area (Å²) in [5.41, 5.74) is -0.502. The lowest BCUT2D eigenvalue weighted by Gasteiger charge is -2.19. The van der Waals surface area contributed by atoms with Crippen LogP contribution in [0, 0.1) is 5.41 Å². The van der Waals surface area contributed by atoms with E-state index in [1.807, 2.05) is 32.7 Å². The van der Waals surface area contributed by atoms with Gasteiger partial charge in [-0.3, -0.25) is 4.79 Å². The van der Waals surface area contributed by atoms with Crippen molar-refractivity contribution in [1.82, 2.24) is 4.90 Å². The van der Waals surface area contributed by atoms with Crippen LogP contribution in [0.1, 0.15) is 20.8 Å². The fourth-order valence-electron chi connectivity index (χ4n) is 1.99. The molecule has 102 valence electrons. The van der Waals surface area contributed by atoms with Crippen molar-refractivity contribution in [1.29, 1.82) is 0 Å². The number of hydrogen-bond donors (Lipinski definition) is 0. The number of carbonyl (C=O) groups excluding carboxylic acids is 1. The number of aliphatic imine (C=N–C) groups is 1. The van der Waals surface area contributed by atoms with Gasteiger partial charge < -0.3 is 4.90 Å². The molecule has 2 atom stereocenters. The molecule has 7 heteroatoms. The Morgan fingerprint density at radius 1 is 1.39 bits per heavy atom. The highest BCUT2D eigenvalue weighted by Gasteiger charge is 2.47. The summed E-state index contributed by atoms with van der Waals surface area (Å²) in [4.78, 5) is 17.8. The molecule has 2 saturated heterocycles. The highest BCUT2D eigenvalue weighted by Crippen LogP contribution is 2.37. The number of rotatable bonds is 0. The van der Waals surface area contributed by atoms with Crippen molar-refractivity contribution in [2.24, 2.45) is 10.4 Å². The number of nitrogens with zero attached hydrogens (tertiary/aromatic N) is 2. The van der Waals surface area contributed by atoms with Crippen molar-refractivity contribution in [3.05, 3.63) is 0 Å².